The number of nitrogens with one attached hydrogen (secondary N) is 7. The number of aliphatic hydroxyl groups is 2. The third kappa shape index (κ3) is 17.2. The number of unbranched alkanes of at least 4 members (excludes halogenated alkanes) is 3. The fourth-order valence-corrected chi connectivity index (χ4v) is 5.38. The maximum absolute atomic E-state index is 13.1. The van der Waals surface area contributed by atoms with Gasteiger partial charge in [0.15, 0.2) is 6.17 Å². The van der Waals surface area contributed by atoms with Crippen molar-refractivity contribution in [3.05, 3.63) is 35.4 Å². The van der Waals surface area contributed by atoms with Crippen molar-refractivity contribution in [2.75, 3.05) is 27.2 Å². The normalized spacial score (nSPS) is 14.3. The Balaban J connectivity index is 2.80. The summed E-state index contributed by atoms with van der Waals surface area (Å²) in [5.41, 5.74) is 12.3. The molecule has 0 aromatic heterocycles. The number of ketones is 1. The summed E-state index contributed by atoms with van der Waals surface area (Å²) in [4.78, 5) is 126. The van der Waals surface area contributed by atoms with Crippen molar-refractivity contribution in [1.29, 1.82) is 0 Å². The Hall–Kier alpha value is -6.00. The molecule has 7 atom stereocenters. The second kappa shape index (κ2) is 25.4. The van der Waals surface area contributed by atoms with Gasteiger partial charge in [0.25, 0.3) is 17.7 Å². The van der Waals surface area contributed by atoms with Gasteiger partial charge in [0, 0.05) is 19.7 Å². The third-order valence-corrected chi connectivity index (χ3v) is 8.86. The molecule has 0 spiro atoms. The second-order valence-corrected chi connectivity index (χ2v) is 13.7. The SMILES string of the molecule is CCCCCCc1ccc(C(=O)N[C@H](CO)C(=O)N[C@H](C)C(=O)NCC(=O)N(C)C(C(=O)N[C@@H](N)C(=O)N[C@@H](CC(N)=O)C(=O)NC(C)C(=O)C(=O)NC)C(C)O)cc1. The molecule has 0 bridgehead atoms. The summed E-state index contributed by atoms with van der Waals surface area (Å²) in [6.45, 7) is 4.19. The number of primary amides is 1. The van der Waals surface area contributed by atoms with E-state index in [1.165, 1.54) is 20.9 Å². The molecule has 0 aliphatic heterocycles. The van der Waals surface area contributed by atoms with Gasteiger partial charge >= 0.3 is 0 Å². The van der Waals surface area contributed by atoms with Gasteiger partial charge in [0.1, 0.15) is 24.2 Å². The zero-order valence-electron chi connectivity index (χ0n) is 34.1. The van der Waals surface area contributed by atoms with E-state index in [0.717, 1.165) is 56.5 Å². The molecule has 0 fully saturated rings. The van der Waals surface area contributed by atoms with Crippen LogP contribution in [0, 0.1) is 0 Å². The van der Waals surface area contributed by atoms with Gasteiger partial charge in [-0.25, -0.2) is 0 Å². The smallest absolute Gasteiger partial charge is 0.289 e. The minimum absolute atomic E-state index is 0.260. The first-order chi connectivity index (χ1) is 27.7. The maximum atomic E-state index is 13.1. The van der Waals surface area contributed by atoms with E-state index in [-0.39, 0.29) is 5.56 Å². The van der Waals surface area contributed by atoms with E-state index in [2.05, 4.69) is 44.1 Å². The van der Waals surface area contributed by atoms with Crippen LogP contribution >= 0.6 is 0 Å². The van der Waals surface area contributed by atoms with E-state index in [4.69, 9.17) is 11.5 Å². The Labute approximate surface area is 341 Å². The first-order valence-electron chi connectivity index (χ1n) is 18.9. The molecule has 0 radical (unpaired) electrons. The standard InChI is InChI=1S/C37H58N10O12/c1-7-8-9-10-11-22-12-14-23(15-13-22)32(54)45-25(18-48)34(56)43-20(3)31(53)41-17-27(51)47(6)28(21(4)49)35(57)46-30(39)37(59)44-24(16-26(38)50)33(55)42-19(2)29(52)36(58)40-5/h12-15,19-21,24-25,28,30,48-49H,7-11,16-18,39H2,1-6H3,(H2,38,50)(H,40,58)(H,41,53)(H,42,55)(H,43,56)(H,44,59)(H,45,54)(H,46,57)/t19?,20-,21?,24+,25-,28?,30-/m1/s1. The molecule has 0 aliphatic carbocycles. The van der Waals surface area contributed by atoms with Gasteiger partial charge < -0.3 is 63.8 Å². The maximum Gasteiger partial charge on any atom is 0.289 e. The summed E-state index contributed by atoms with van der Waals surface area (Å²) >= 11 is 0. The van der Waals surface area contributed by atoms with Crippen LogP contribution in [0.5, 0.6) is 0 Å². The molecular formula is C37H58N10O12. The number of aryl methyl sites for hydroxylation is 1. The summed E-state index contributed by atoms with van der Waals surface area (Å²) in [6, 6.07) is -0.606. The topological polar surface area (TPSA) is 351 Å². The van der Waals surface area contributed by atoms with Crippen LogP contribution in [-0.4, -0.2) is 144 Å². The molecule has 328 valence electrons. The lowest BCUT2D eigenvalue weighted by Gasteiger charge is -2.30. The molecule has 1 aromatic carbocycles. The zero-order chi connectivity index (χ0) is 45.0. The van der Waals surface area contributed by atoms with Gasteiger partial charge in [-0.05, 0) is 51.3 Å². The van der Waals surface area contributed by atoms with E-state index in [0.29, 0.717) is 0 Å². The zero-order valence-corrected chi connectivity index (χ0v) is 34.1. The molecular weight excluding hydrogens is 776 g/mol. The van der Waals surface area contributed by atoms with E-state index in [1.807, 2.05) is 12.1 Å². The van der Waals surface area contributed by atoms with Gasteiger partial charge in [-0.2, -0.15) is 0 Å². The number of benzene rings is 1. The van der Waals surface area contributed by atoms with Crippen molar-refractivity contribution in [3.8, 4) is 0 Å². The Morgan fingerprint density at radius 3 is 1.88 bits per heavy atom. The first kappa shape index (κ1) is 51.0. The van der Waals surface area contributed by atoms with Crippen LogP contribution in [0.2, 0.25) is 0 Å². The monoisotopic (exact) mass is 834 g/mol. The summed E-state index contributed by atoms with van der Waals surface area (Å²) in [7, 11) is 2.29. The number of hydrogen-bond acceptors (Lipinski definition) is 13. The number of Topliss-reactive ketones (excluding diaryl/α,β-unsaturated/α-hetero) is 1. The fraction of sp³-hybridized carbons (Fsp3) is 0.568. The summed E-state index contributed by atoms with van der Waals surface area (Å²) in [5, 5.41) is 35.6. The number of likely N-dealkylation sites (N-methyl/N-ethyl adjacent to an activating group) is 2. The molecule has 0 saturated carbocycles. The van der Waals surface area contributed by atoms with Crippen LogP contribution in [0.3, 0.4) is 0 Å². The lowest BCUT2D eigenvalue weighted by molar-refractivity contribution is -0.144. The predicted molar refractivity (Wildman–Crippen MR) is 210 cm³/mol. The Morgan fingerprint density at radius 2 is 1.34 bits per heavy atom. The van der Waals surface area contributed by atoms with Crippen molar-refractivity contribution in [1.82, 2.24) is 42.1 Å². The molecule has 22 heteroatoms. The largest absolute Gasteiger partial charge is 0.394 e. The van der Waals surface area contributed by atoms with Crippen molar-refractivity contribution in [3.63, 3.8) is 0 Å². The Bertz CT molecular complexity index is 1670. The van der Waals surface area contributed by atoms with Gasteiger partial charge in [-0.15, -0.1) is 0 Å². The molecule has 1 aromatic rings. The summed E-state index contributed by atoms with van der Waals surface area (Å²) in [6.07, 6.45) is 0.968. The number of nitrogens with zero attached hydrogens (tertiary/aromatic N) is 1. The third-order valence-electron chi connectivity index (χ3n) is 8.86. The molecule has 13 N–H and O–H groups in total. The van der Waals surface area contributed by atoms with Crippen molar-refractivity contribution >= 4 is 58.9 Å². The quantitative estimate of drug-likeness (QED) is 0.0251. The van der Waals surface area contributed by atoms with E-state index < -0.39 is 121 Å². The number of carbonyl (C=O) groups is 10. The van der Waals surface area contributed by atoms with Gasteiger partial charge in [0.2, 0.25) is 41.2 Å². The number of nitrogens with two attached hydrogens (primary N) is 2. The van der Waals surface area contributed by atoms with Crippen LogP contribution in [0.1, 0.15) is 75.7 Å². The van der Waals surface area contributed by atoms with E-state index >= 15 is 0 Å². The molecule has 3 unspecified atom stereocenters. The molecule has 0 heterocycles. The average molecular weight is 835 g/mol. The number of amides is 9. The van der Waals surface area contributed by atoms with Crippen LogP contribution in [0.25, 0.3) is 0 Å². The van der Waals surface area contributed by atoms with Gasteiger partial charge in [-0.1, -0.05) is 38.3 Å². The van der Waals surface area contributed by atoms with Gasteiger partial charge in [-0.3, -0.25) is 47.9 Å². The molecule has 0 saturated heterocycles. The molecule has 0 aliphatic rings. The van der Waals surface area contributed by atoms with Crippen LogP contribution in [0.4, 0.5) is 0 Å². The molecule has 9 amide bonds. The highest BCUT2D eigenvalue weighted by atomic mass is 16.3. The minimum Gasteiger partial charge on any atom is -0.394 e. The summed E-state index contributed by atoms with van der Waals surface area (Å²) < 4.78 is 0. The second-order valence-electron chi connectivity index (χ2n) is 13.7. The van der Waals surface area contributed by atoms with Crippen molar-refractivity contribution < 1.29 is 58.2 Å². The average Bonchev–Trinajstić information content (AvgIpc) is 3.18. The number of rotatable bonds is 25. The highest BCUT2D eigenvalue weighted by molar-refractivity contribution is 6.38. The highest BCUT2D eigenvalue weighted by Crippen LogP contribution is 2.10. The fourth-order valence-electron chi connectivity index (χ4n) is 5.38. The lowest BCUT2D eigenvalue weighted by Crippen LogP contribution is -2.62. The number of aliphatic hydroxyl groups excluding tert-OH is 2. The van der Waals surface area contributed by atoms with E-state index in [1.54, 1.807) is 12.1 Å². The number of carbonyl (C=O) groups excluding carboxylic acids is 10. The minimum atomic E-state index is -1.93. The molecule has 1 rings (SSSR count). The van der Waals surface area contributed by atoms with E-state index in [9.17, 15) is 58.2 Å². The molecule has 59 heavy (non-hydrogen) atoms. The van der Waals surface area contributed by atoms with Crippen LogP contribution < -0.4 is 48.7 Å². The van der Waals surface area contributed by atoms with Crippen LogP contribution in [-0.2, 0) is 49.6 Å². The van der Waals surface area contributed by atoms with Crippen molar-refractivity contribution in [2.24, 2.45) is 11.5 Å². The highest BCUT2D eigenvalue weighted by Gasteiger charge is 2.35. The Kier molecular flexibility index (Phi) is 21.9. The lowest BCUT2D eigenvalue weighted by atomic mass is 10.0. The molecule has 22 nitrogen and oxygen atoms in total. The van der Waals surface area contributed by atoms with Gasteiger partial charge in [0.05, 0.1) is 31.7 Å². The first-order valence-corrected chi connectivity index (χ1v) is 18.9. The number of hydrogen-bond donors (Lipinski definition) is 11. The predicted octanol–water partition coefficient (Wildman–Crippen LogP) is -4.69. The van der Waals surface area contributed by atoms with Crippen LogP contribution in [0.15, 0.2) is 24.3 Å². The Morgan fingerprint density at radius 1 is 0.746 bits per heavy atom. The van der Waals surface area contributed by atoms with Crippen molar-refractivity contribution in [2.45, 2.75) is 109 Å². The summed E-state index contributed by atoms with van der Waals surface area (Å²) in [5.74, 6) is -9.86.